The lowest BCUT2D eigenvalue weighted by Crippen LogP contribution is -2.09. The molecular formula is C66H46N2. The number of nitrogens with zero attached hydrogens (tertiary/aromatic N) is 2. The number of aromatic nitrogens is 1. The molecule has 12 rings (SSSR count). The van der Waals surface area contributed by atoms with Crippen molar-refractivity contribution < 1.29 is 0 Å². The average Bonchev–Trinajstić information content (AvgIpc) is 3.77. The SMILES string of the molecule is c1ccc(-c2ccc(-c3ccc(N(c4ccc(-c5ccccc5)cc4)c4ccc(-c5cc(-c6ccccc6)cc(-c6cccc7c6c6ccccc6n7-c6ccccc6)c5)cc4)cc3)cc2)cc1. The first-order chi connectivity index (χ1) is 33.7. The molecule has 0 spiro atoms. The summed E-state index contributed by atoms with van der Waals surface area (Å²) in [5.74, 6) is 0. The van der Waals surface area contributed by atoms with Gasteiger partial charge < -0.3 is 9.47 Å². The molecule has 0 atom stereocenters. The van der Waals surface area contributed by atoms with Crippen LogP contribution in [0, 0.1) is 0 Å². The summed E-state index contributed by atoms with van der Waals surface area (Å²) in [7, 11) is 0. The fourth-order valence-corrected chi connectivity index (χ4v) is 9.83. The number of anilines is 3. The second-order valence-corrected chi connectivity index (χ2v) is 17.3. The van der Waals surface area contributed by atoms with E-state index >= 15 is 0 Å². The molecule has 0 aliphatic carbocycles. The molecule has 320 valence electrons. The number of hydrogen-bond donors (Lipinski definition) is 0. The quantitative estimate of drug-likeness (QED) is 0.133. The van der Waals surface area contributed by atoms with Gasteiger partial charge in [0.15, 0.2) is 0 Å². The van der Waals surface area contributed by atoms with Crippen LogP contribution in [0.25, 0.3) is 94.3 Å². The van der Waals surface area contributed by atoms with Gasteiger partial charge in [-0.05, 0) is 146 Å². The maximum Gasteiger partial charge on any atom is 0.0547 e. The van der Waals surface area contributed by atoms with Gasteiger partial charge in [-0.2, -0.15) is 0 Å². The van der Waals surface area contributed by atoms with E-state index in [2.05, 4.69) is 289 Å². The molecule has 2 heteroatoms. The highest BCUT2D eigenvalue weighted by Gasteiger charge is 2.19. The van der Waals surface area contributed by atoms with E-state index in [0.717, 1.165) is 33.9 Å². The largest absolute Gasteiger partial charge is 0.311 e. The minimum absolute atomic E-state index is 1.08. The minimum atomic E-state index is 1.08. The van der Waals surface area contributed by atoms with Gasteiger partial charge in [0.25, 0.3) is 0 Å². The van der Waals surface area contributed by atoms with Crippen LogP contribution in [0.2, 0.25) is 0 Å². The van der Waals surface area contributed by atoms with Crippen molar-refractivity contribution in [1.29, 1.82) is 0 Å². The Morgan fingerprint density at radius 3 is 1.04 bits per heavy atom. The molecule has 2 nitrogen and oxygen atoms in total. The Morgan fingerprint density at radius 1 is 0.235 bits per heavy atom. The van der Waals surface area contributed by atoms with Crippen molar-refractivity contribution in [3.63, 3.8) is 0 Å². The minimum Gasteiger partial charge on any atom is -0.311 e. The molecule has 1 heterocycles. The van der Waals surface area contributed by atoms with E-state index in [-0.39, 0.29) is 0 Å². The fourth-order valence-electron chi connectivity index (χ4n) is 9.83. The molecule has 0 N–H and O–H groups in total. The van der Waals surface area contributed by atoms with Crippen molar-refractivity contribution in [2.75, 3.05) is 4.90 Å². The summed E-state index contributed by atoms with van der Waals surface area (Å²) in [6.45, 7) is 0. The Hall–Kier alpha value is -8.98. The van der Waals surface area contributed by atoms with Crippen LogP contribution in [-0.2, 0) is 0 Å². The van der Waals surface area contributed by atoms with Crippen LogP contribution in [0.15, 0.2) is 279 Å². The summed E-state index contributed by atoms with van der Waals surface area (Å²) >= 11 is 0. The maximum absolute atomic E-state index is 2.40. The van der Waals surface area contributed by atoms with E-state index in [1.54, 1.807) is 0 Å². The number of rotatable bonds is 10. The van der Waals surface area contributed by atoms with E-state index in [4.69, 9.17) is 0 Å². The monoisotopic (exact) mass is 866 g/mol. The van der Waals surface area contributed by atoms with Crippen LogP contribution in [0.4, 0.5) is 17.1 Å². The Morgan fingerprint density at radius 2 is 0.574 bits per heavy atom. The van der Waals surface area contributed by atoms with Crippen molar-refractivity contribution in [2.24, 2.45) is 0 Å². The predicted molar refractivity (Wildman–Crippen MR) is 288 cm³/mol. The van der Waals surface area contributed by atoms with Crippen molar-refractivity contribution >= 4 is 38.9 Å². The topological polar surface area (TPSA) is 8.17 Å². The summed E-state index contributed by atoms with van der Waals surface area (Å²) in [6, 6.07) is 101. The van der Waals surface area contributed by atoms with Crippen molar-refractivity contribution in [3.05, 3.63) is 279 Å². The molecule has 0 aliphatic rings. The van der Waals surface area contributed by atoms with Crippen LogP contribution in [0.3, 0.4) is 0 Å². The van der Waals surface area contributed by atoms with Crippen LogP contribution >= 0.6 is 0 Å². The molecular weight excluding hydrogens is 821 g/mol. The molecule has 11 aromatic carbocycles. The van der Waals surface area contributed by atoms with Crippen molar-refractivity contribution in [1.82, 2.24) is 4.57 Å². The van der Waals surface area contributed by atoms with Crippen LogP contribution in [0.5, 0.6) is 0 Å². The first kappa shape index (κ1) is 40.5. The molecule has 0 amide bonds. The Balaban J connectivity index is 0.944. The molecule has 0 aliphatic heterocycles. The zero-order valence-corrected chi connectivity index (χ0v) is 37.5. The van der Waals surface area contributed by atoms with Crippen molar-refractivity contribution in [2.45, 2.75) is 0 Å². The third-order valence-corrected chi connectivity index (χ3v) is 13.2. The standard InChI is InChI=1S/C66H46N2/c1-5-16-47(17-6-1)50-28-30-51(31-29-50)53-34-40-60(41-35-53)67(59-38-32-52(33-39-59)48-18-7-2-8-19-48)61-42-36-54(37-43-61)56-44-55(49-20-9-3-10-21-49)45-57(46-56)62-25-15-27-65-66(62)63-24-13-14-26-64(63)68(65)58-22-11-4-12-23-58/h1-46H. The third-order valence-electron chi connectivity index (χ3n) is 13.2. The first-order valence-corrected chi connectivity index (χ1v) is 23.3. The molecule has 1 aromatic heterocycles. The van der Waals surface area contributed by atoms with Gasteiger partial charge in [-0.15, -0.1) is 0 Å². The van der Waals surface area contributed by atoms with E-state index in [1.807, 2.05) is 0 Å². The smallest absolute Gasteiger partial charge is 0.0547 e. The molecule has 0 saturated carbocycles. The summed E-state index contributed by atoms with van der Waals surface area (Å²) in [4.78, 5) is 2.36. The highest BCUT2D eigenvalue weighted by molar-refractivity contribution is 6.16. The Bertz CT molecular complexity index is 3650. The van der Waals surface area contributed by atoms with Gasteiger partial charge in [0, 0.05) is 33.5 Å². The second kappa shape index (κ2) is 17.8. The summed E-state index contributed by atoms with van der Waals surface area (Å²) < 4.78 is 2.40. The lowest BCUT2D eigenvalue weighted by molar-refractivity contribution is 1.18. The van der Waals surface area contributed by atoms with E-state index < -0.39 is 0 Å². The van der Waals surface area contributed by atoms with Crippen LogP contribution in [-0.4, -0.2) is 4.57 Å². The number of para-hydroxylation sites is 2. The molecule has 68 heavy (non-hydrogen) atoms. The average molecular weight is 867 g/mol. The van der Waals surface area contributed by atoms with Gasteiger partial charge >= 0.3 is 0 Å². The first-order valence-electron chi connectivity index (χ1n) is 23.3. The third kappa shape index (κ3) is 7.74. The van der Waals surface area contributed by atoms with Gasteiger partial charge in [0.05, 0.1) is 11.0 Å². The number of fused-ring (bicyclic) bond motifs is 3. The van der Waals surface area contributed by atoms with Crippen LogP contribution in [0.1, 0.15) is 0 Å². The molecule has 12 aromatic rings. The number of benzene rings is 11. The van der Waals surface area contributed by atoms with Gasteiger partial charge in [0.1, 0.15) is 0 Å². The highest BCUT2D eigenvalue weighted by atomic mass is 15.1. The summed E-state index contributed by atoms with van der Waals surface area (Å²) in [5, 5.41) is 2.49. The van der Waals surface area contributed by atoms with E-state index in [9.17, 15) is 0 Å². The molecule has 0 radical (unpaired) electrons. The highest BCUT2D eigenvalue weighted by Crippen LogP contribution is 2.43. The zero-order chi connectivity index (χ0) is 45.2. The normalized spacial score (nSPS) is 11.2. The number of hydrogen-bond acceptors (Lipinski definition) is 1. The van der Waals surface area contributed by atoms with Gasteiger partial charge in [0.2, 0.25) is 0 Å². The van der Waals surface area contributed by atoms with Gasteiger partial charge in [-0.3, -0.25) is 0 Å². The lowest BCUT2D eigenvalue weighted by atomic mass is 9.91. The summed E-state index contributed by atoms with van der Waals surface area (Å²) in [5.41, 5.74) is 21.1. The van der Waals surface area contributed by atoms with Gasteiger partial charge in [-0.25, -0.2) is 0 Å². The molecule has 0 saturated heterocycles. The predicted octanol–water partition coefficient (Wildman–Crippen LogP) is 18.3. The van der Waals surface area contributed by atoms with Gasteiger partial charge in [-0.1, -0.05) is 200 Å². The Kier molecular flexibility index (Phi) is 10.6. The summed E-state index contributed by atoms with van der Waals surface area (Å²) in [6.07, 6.45) is 0. The van der Waals surface area contributed by atoms with Crippen LogP contribution < -0.4 is 4.90 Å². The fraction of sp³-hybridized carbons (Fsp3) is 0. The molecule has 0 unspecified atom stereocenters. The Labute approximate surface area is 397 Å². The zero-order valence-electron chi connectivity index (χ0n) is 37.5. The molecule has 0 bridgehead atoms. The van der Waals surface area contributed by atoms with E-state index in [0.29, 0.717) is 0 Å². The molecule has 0 fully saturated rings. The van der Waals surface area contributed by atoms with E-state index in [1.165, 1.54) is 77.4 Å². The maximum atomic E-state index is 2.40. The lowest BCUT2D eigenvalue weighted by Gasteiger charge is -2.26. The second-order valence-electron chi connectivity index (χ2n) is 17.3. The van der Waals surface area contributed by atoms with Crippen molar-refractivity contribution in [3.8, 4) is 72.4 Å².